The van der Waals surface area contributed by atoms with Crippen LogP contribution in [0.2, 0.25) is 0 Å². The predicted octanol–water partition coefficient (Wildman–Crippen LogP) is 5.03. The highest BCUT2D eigenvalue weighted by Gasteiger charge is 2.18. The SMILES string of the molecule is Cc1ccccc1CN(C(=O)CC(C)C)c1ccc(CC(=O)NCc2ccco2)cc1. The molecule has 2 amide bonds. The molecule has 162 valence electrons. The van der Waals surface area contributed by atoms with E-state index in [1.54, 1.807) is 12.3 Å². The van der Waals surface area contributed by atoms with Gasteiger partial charge in [-0.3, -0.25) is 9.59 Å². The summed E-state index contributed by atoms with van der Waals surface area (Å²) in [6.45, 7) is 7.06. The number of anilines is 1. The lowest BCUT2D eigenvalue weighted by atomic mass is 10.1. The van der Waals surface area contributed by atoms with Gasteiger partial charge in [0.25, 0.3) is 0 Å². The zero-order chi connectivity index (χ0) is 22.2. The Morgan fingerprint density at radius 1 is 1.00 bits per heavy atom. The molecule has 0 saturated heterocycles. The summed E-state index contributed by atoms with van der Waals surface area (Å²) < 4.78 is 5.23. The number of aryl methyl sites for hydroxylation is 1. The van der Waals surface area contributed by atoms with Gasteiger partial charge in [0, 0.05) is 12.1 Å². The minimum atomic E-state index is -0.0724. The summed E-state index contributed by atoms with van der Waals surface area (Å²) >= 11 is 0. The Morgan fingerprint density at radius 3 is 2.39 bits per heavy atom. The molecule has 1 aromatic heterocycles. The lowest BCUT2D eigenvalue weighted by Crippen LogP contribution is -2.31. The highest BCUT2D eigenvalue weighted by atomic mass is 16.3. The van der Waals surface area contributed by atoms with E-state index in [2.05, 4.69) is 24.4 Å². The van der Waals surface area contributed by atoms with E-state index in [0.29, 0.717) is 19.5 Å². The van der Waals surface area contributed by atoms with E-state index in [9.17, 15) is 9.59 Å². The number of amides is 2. The molecular weight excluding hydrogens is 388 g/mol. The van der Waals surface area contributed by atoms with Crippen LogP contribution in [-0.2, 0) is 29.1 Å². The van der Waals surface area contributed by atoms with Crippen molar-refractivity contribution < 1.29 is 14.0 Å². The summed E-state index contributed by atoms with van der Waals surface area (Å²) in [5.74, 6) is 1.03. The Labute approximate surface area is 184 Å². The van der Waals surface area contributed by atoms with Gasteiger partial charge in [-0.15, -0.1) is 0 Å². The first kappa shape index (κ1) is 22.3. The first-order valence-corrected chi connectivity index (χ1v) is 10.6. The molecule has 0 atom stereocenters. The van der Waals surface area contributed by atoms with Crippen LogP contribution in [0.25, 0.3) is 0 Å². The Bertz CT molecular complexity index is 992. The minimum Gasteiger partial charge on any atom is -0.467 e. The summed E-state index contributed by atoms with van der Waals surface area (Å²) in [7, 11) is 0. The monoisotopic (exact) mass is 418 g/mol. The lowest BCUT2D eigenvalue weighted by Gasteiger charge is -2.25. The smallest absolute Gasteiger partial charge is 0.227 e. The third-order valence-electron chi connectivity index (χ3n) is 5.13. The maximum Gasteiger partial charge on any atom is 0.227 e. The topological polar surface area (TPSA) is 62.6 Å². The number of carbonyl (C=O) groups excluding carboxylic acids is 2. The number of benzene rings is 2. The van der Waals surface area contributed by atoms with Crippen molar-refractivity contribution in [2.24, 2.45) is 5.92 Å². The van der Waals surface area contributed by atoms with Crippen molar-refractivity contribution in [3.8, 4) is 0 Å². The van der Waals surface area contributed by atoms with E-state index in [1.165, 1.54) is 0 Å². The molecule has 1 N–H and O–H groups in total. The fourth-order valence-corrected chi connectivity index (χ4v) is 3.38. The van der Waals surface area contributed by atoms with Crippen molar-refractivity contribution in [1.82, 2.24) is 5.32 Å². The third-order valence-corrected chi connectivity index (χ3v) is 5.13. The van der Waals surface area contributed by atoms with Gasteiger partial charge in [0.15, 0.2) is 0 Å². The van der Waals surface area contributed by atoms with Crippen molar-refractivity contribution in [3.05, 3.63) is 89.4 Å². The van der Waals surface area contributed by atoms with Gasteiger partial charge in [0.05, 0.1) is 25.8 Å². The Morgan fingerprint density at radius 2 is 1.74 bits per heavy atom. The van der Waals surface area contributed by atoms with E-state index in [4.69, 9.17) is 4.42 Å². The van der Waals surface area contributed by atoms with E-state index in [1.807, 2.05) is 61.2 Å². The molecular formula is C26H30N2O3. The van der Waals surface area contributed by atoms with Crippen LogP contribution in [0.4, 0.5) is 5.69 Å². The normalized spacial score (nSPS) is 10.8. The highest BCUT2D eigenvalue weighted by Crippen LogP contribution is 2.22. The summed E-state index contributed by atoms with van der Waals surface area (Å²) in [6, 6.07) is 19.4. The Hall–Kier alpha value is -3.34. The van der Waals surface area contributed by atoms with Crippen LogP contribution in [0.15, 0.2) is 71.3 Å². The molecule has 0 fully saturated rings. The molecule has 1 heterocycles. The molecule has 0 bridgehead atoms. The second-order valence-electron chi connectivity index (χ2n) is 8.20. The molecule has 2 aromatic carbocycles. The highest BCUT2D eigenvalue weighted by molar-refractivity contribution is 5.93. The van der Waals surface area contributed by atoms with Crippen LogP contribution in [-0.4, -0.2) is 11.8 Å². The lowest BCUT2D eigenvalue weighted by molar-refractivity contribution is -0.121. The molecule has 0 aliphatic rings. The molecule has 0 unspecified atom stereocenters. The quantitative estimate of drug-likeness (QED) is 0.530. The van der Waals surface area contributed by atoms with E-state index < -0.39 is 0 Å². The first-order valence-electron chi connectivity index (χ1n) is 10.6. The van der Waals surface area contributed by atoms with Gasteiger partial charge >= 0.3 is 0 Å². The van der Waals surface area contributed by atoms with Crippen LogP contribution < -0.4 is 10.2 Å². The fraction of sp³-hybridized carbons (Fsp3) is 0.308. The van der Waals surface area contributed by atoms with Gasteiger partial charge < -0.3 is 14.6 Å². The summed E-state index contributed by atoms with van der Waals surface area (Å²) in [4.78, 5) is 27.0. The van der Waals surface area contributed by atoms with Crippen molar-refractivity contribution in [2.75, 3.05) is 4.90 Å². The maximum absolute atomic E-state index is 13.0. The second-order valence-corrected chi connectivity index (χ2v) is 8.20. The van der Waals surface area contributed by atoms with Crippen molar-refractivity contribution in [3.63, 3.8) is 0 Å². The molecule has 0 radical (unpaired) electrons. The maximum atomic E-state index is 13.0. The van der Waals surface area contributed by atoms with Crippen LogP contribution in [0.3, 0.4) is 0 Å². The van der Waals surface area contributed by atoms with Crippen LogP contribution in [0.1, 0.15) is 42.7 Å². The van der Waals surface area contributed by atoms with Gasteiger partial charge in [0.2, 0.25) is 11.8 Å². The number of furan rings is 1. The zero-order valence-corrected chi connectivity index (χ0v) is 18.4. The molecule has 5 nitrogen and oxygen atoms in total. The standard InChI is InChI=1S/C26H30N2O3/c1-19(2)15-26(30)28(18-22-8-5-4-7-20(22)3)23-12-10-21(11-13-23)16-25(29)27-17-24-9-6-14-31-24/h4-14,19H,15-18H2,1-3H3,(H,27,29). The van der Waals surface area contributed by atoms with Gasteiger partial charge in [0.1, 0.15) is 5.76 Å². The van der Waals surface area contributed by atoms with Gasteiger partial charge in [-0.2, -0.15) is 0 Å². The van der Waals surface area contributed by atoms with Crippen LogP contribution in [0.5, 0.6) is 0 Å². The second kappa shape index (κ2) is 10.6. The minimum absolute atomic E-state index is 0.0724. The summed E-state index contributed by atoms with van der Waals surface area (Å²) in [5.41, 5.74) is 4.03. The number of carbonyl (C=O) groups is 2. The van der Waals surface area contributed by atoms with Gasteiger partial charge in [-0.1, -0.05) is 50.2 Å². The van der Waals surface area contributed by atoms with Crippen LogP contribution in [0, 0.1) is 12.8 Å². The molecule has 5 heteroatoms. The molecule has 3 aromatic rings. The van der Waals surface area contributed by atoms with Crippen LogP contribution >= 0.6 is 0 Å². The van der Waals surface area contributed by atoms with E-state index in [0.717, 1.165) is 28.1 Å². The molecule has 31 heavy (non-hydrogen) atoms. The number of hydrogen-bond acceptors (Lipinski definition) is 3. The predicted molar refractivity (Wildman–Crippen MR) is 123 cm³/mol. The number of rotatable bonds is 9. The summed E-state index contributed by atoms with van der Waals surface area (Å²) in [6.07, 6.45) is 2.35. The summed E-state index contributed by atoms with van der Waals surface area (Å²) in [5, 5.41) is 2.85. The van der Waals surface area contributed by atoms with Crippen molar-refractivity contribution >= 4 is 17.5 Å². The molecule has 0 saturated carbocycles. The number of nitrogens with zero attached hydrogens (tertiary/aromatic N) is 1. The van der Waals surface area contributed by atoms with Crippen molar-refractivity contribution in [1.29, 1.82) is 0 Å². The molecule has 0 aliphatic carbocycles. The number of nitrogens with one attached hydrogen (secondary N) is 1. The Balaban J connectivity index is 1.69. The molecule has 3 rings (SSSR count). The largest absolute Gasteiger partial charge is 0.467 e. The van der Waals surface area contributed by atoms with Crippen molar-refractivity contribution in [2.45, 2.75) is 46.7 Å². The van der Waals surface area contributed by atoms with E-state index in [-0.39, 0.29) is 24.2 Å². The Kier molecular flexibility index (Phi) is 7.65. The first-order chi connectivity index (χ1) is 14.9. The fourth-order valence-electron chi connectivity index (χ4n) is 3.38. The zero-order valence-electron chi connectivity index (χ0n) is 18.4. The number of hydrogen-bond donors (Lipinski definition) is 1. The van der Waals surface area contributed by atoms with Gasteiger partial charge in [-0.05, 0) is 53.8 Å². The molecule has 0 aliphatic heterocycles. The average Bonchev–Trinajstić information content (AvgIpc) is 3.26. The van der Waals surface area contributed by atoms with E-state index >= 15 is 0 Å². The van der Waals surface area contributed by atoms with Gasteiger partial charge in [-0.25, -0.2) is 0 Å². The molecule has 0 spiro atoms. The average molecular weight is 419 g/mol. The third kappa shape index (κ3) is 6.57.